The van der Waals surface area contributed by atoms with Crippen LogP contribution in [0.4, 0.5) is 11.5 Å². The van der Waals surface area contributed by atoms with Crippen molar-refractivity contribution < 1.29 is 4.74 Å². The fourth-order valence-corrected chi connectivity index (χ4v) is 2.73. The summed E-state index contributed by atoms with van der Waals surface area (Å²) in [5.41, 5.74) is 13.5. The predicted octanol–water partition coefficient (Wildman–Crippen LogP) is 2.40. The van der Waals surface area contributed by atoms with Crippen LogP contribution in [0.1, 0.15) is 25.5 Å². The fraction of sp³-hybridized carbons (Fsp3) is 0.375. The van der Waals surface area contributed by atoms with Gasteiger partial charge in [-0.15, -0.1) is 0 Å². The molecule has 0 saturated carbocycles. The summed E-state index contributed by atoms with van der Waals surface area (Å²) in [6, 6.07) is 5.80. The maximum absolute atomic E-state index is 6.27. The van der Waals surface area contributed by atoms with Crippen LogP contribution >= 0.6 is 11.6 Å². The first-order chi connectivity index (χ1) is 10.8. The van der Waals surface area contributed by atoms with Crippen molar-refractivity contribution in [2.24, 2.45) is 0 Å². The molecule has 0 amide bonds. The molecule has 1 aliphatic heterocycles. The second kappa shape index (κ2) is 5.96. The lowest BCUT2D eigenvalue weighted by molar-refractivity contribution is -0.0586. The average molecular weight is 334 g/mol. The van der Waals surface area contributed by atoms with Gasteiger partial charge in [-0.2, -0.15) is 0 Å². The molecule has 7 heteroatoms. The molecule has 0 spiro atoms. The number of nitrogens with one attached hydrogen (secondary N) is 1. The van der Waals surface area contributed by atoms with Crippen LogP contribution in [0.5, 0.6) is 0 Å². The molecule has 0 radical (unpaired) electrons. The van der Waals surface area contributed by atoms with E-state index in [-0.39, 0.29) is 17.5 Å². The van der Waals surface area contributed by atoms with Gasteiger partial charge in [-0.1, -0.05) is 11.6 Å². The van der Waals surface area contributed by atoms with Crippen molar-refractivity contribution >= 4 is 23.1 Å². The quantitative estimate of drug-likeness (QED) is 0.780. The van der Waals surface area contributed by atoms with Gasteiger partial charge in [0.15, 0.2) is 11.6 Å². The Labute approximate surface area is 140 Å². The largest absolute Gasteiger partial charge is 0.394 e. The maximum atomic E-state index is 6.27. The minimum Gasteiger partial charge on any atom is -0.394 e. The molecular weight excluding hydrogens is 314 g/mol. The highest BCUT2D eigenvalue weighted by Gasteiger charge is 2.28. The third-order valence-electron chi connectivity index (χ3n) is 3.84. The highest BCUT2D eigenvalue weighted by molar-refractivity contribution is 6.30. The molecule has 1 unspecified atom stereocenters. The molecule has 1 atom stereocenters. The zero-order valence-corrected chi connectivity index (χ0v) is 13.9. The Morgan fingerprint density at radius 2 is 2.09 bits per heavy atom. The van der Waals surface area contributed by atoms with Crippen molar-refractivity contribution in [3.63, 3.8) is 0 Å². The van der Waals surface area contributed by atoms with Crippen LogP contribution in [-0.2, 0) is 4.74 Å². The molecule has 1 aromatic carbocycles. The van der Waals surface area contributed by atoms with E-state index in [2.05, 4.69) is 29.1 Å². The SMILES string of the molecule is CC1(C)CNC(c2cc(Cl)cc(-c3ncc(N)c(N)n3)c2)CO1. The Kier molecular flexibility index (Phi) is 4.14. The van der Waals surface area contributed by atoms with E-state index in [4.69, 9.17) is 27.8 Å². The van der Waals surface area contributed by atoms with E-state index in [0.29, 0.717) is 23.1 Å². The summed E-state index contributed by atoms with van der Waals surface area (Å²) in [7, 11) is 0. The molecule has 2 aromatic rings. The molecule has 122 valence electrons. The number of nitrogen functional groups attached to an aromatic ring is 2. The van der Waals surface area contributed by atoms with Crippen LogP contribution < -0.4 is 16.8 Å². The van der Waals surface area contributed by atoms with Crippen molar-refractivity contribution in [1.82, 2.24) is 15.3 Å². The lowest BCUT2D eigenvalue weighted by Crippen LogP contribution is -2.47. The van der Waals surface area contributed by atoms with Crippen LogP contribution in [-0.4, -0.2) is 28.7 Å². The van der Waals surface area contributed by atoms with E-state index in [1.165, 1.54) is 6.20 Å². The lowest BCUT2D eigenvalue weighted by atomic mass is 10.00. The molecule has 1 aliphatic rings. The van der Waals surface area contributed by atoms with Crippen LogP contribution in [0.2, 0.25) is 5.02 Å². The molecule has 0 aliphatic carbocycles. The fourth-order valence-electron chi connectivity index (χ4n) is 2.49. The summed E-state index contributed by atoms with van der Waals surface area (Å²) < 4.78 is 5.88. The van der Waals surface area contributed by atoms with Crippen molar-refractivity contribution in [2.75, 3.05) is 24.6 Å². The smallest absolute Gasteiger partial charge is 0.161 e. The predicted molar refractivity (Wildman–Crippen MR) is 92.1 cm³/mol. The van der Waals surface area contributed by atoms with Gasteiger partial charge in [-0.25, -0.2) is 9.97 Å². The van der Waals surface area contributed by atoms with Crippen LogP contribution in [0.15, 0.2) is 24.4 Å². The van der Waals surface area contributed by atoms with E-state index >= 15 is 0 Å². The number of rotatable bonds is 2. The molecule has 23 heavy (non-hydrogen) atoms. The summed E-state index contributed by atoms with van der Waals surface area (Å²) in [6.45, 7) is 5.47. The van der Waals surface area contributed by atoms with Gasteiger partial charge in [-0.3, -0.25) is 0 Å². The first-order valence-corrected chi connectivity index (χ1v) is 7.78. The molecule has 0 bridgehead atoms. The van der Waals surface area contributed by atoms with E-state index < -0.39 is 0 Å². The second-order valence-electron chi connectivity index (χ2n) is 6.31. The van der Waals surface area contributed by atoms with Gasteiger partial charge in [0, 0.05) is 17.1 Å². The average Bonchev–Trinajstić information content (AvgIpc) is 2.49. The maximum Gasteiger partial charge on any atom is 0.161 e. The zero-order valence-electron chi connectivity index (χ0n) is 13.1. The first kappa shape index (κ1) is 16.0. The normalized spacial score (nSPS) is 20.4. The van der Waals surface area contributed by atoms with Gasteiger partial charge in [0.25, 0.3) is 0 Å². The van der Waals surface area contributed by atoms with Gasteiger partial charge in [-0.05, 0) is 37.6 Å². The van der Waals surface area contributed by atoms with Crippen LogP contribution in [0.25, 0.3) is 11.4 Å². The first-order valence-electron chi connectivity index (χ1n) is 7.40. The Balaban J connectivity index is 1.92. The number of nitrogens with two attached hydrogens (primary N) is 2. The van der Waals surface area contributed by atoms with Crippen molar-refractivity contribution in [1.29, 1.82) is 0 Å². The van der Waals surface area contributed by atoms with E-state index in [0.717, 1.165) is 17.7 Å². The number of hydrogen-bond acceptors (Lipinski definition) is 6. The topological polar surface area (TPSA) is 99.1 Å². The summed E-state index contributed by atoms with van der Waals surface area (Å²) in [6.07, 6.45) is 1.50. The van der Waals surface area contributed by atoms with Crippen molar-refractivity contribution in [3.05, 3.63) is 35.0 Å². The van der Waals surface area contributed by atoms with E-state index in [1.807, 2.05) is 18.2 Å². The van der Waals surface area contributed by atoms with Crippen LogP contribution in [0, 0.1) is 0 Å². The highest BCUT2D eigenvalue weighted by Crippen LogP contribution is 2.29. The zero-order chi connectivity index (χ0) is 16.6. The third-order valence-corrected chi connectivity index (χ3v) is 4.06. The molecule has 1 aromatic heterocycles. The number of halogens is 1. The minimum atomic E-state index is -0.160. The molecule has 3 rings (SSSR count). The van der Waals surface area contributed by atoms with Gasteiger partial charge in [0.2, 0.25) is 0 Å². The Hall–Kier alpha value is -1.89. The van der Waals surface area contributed by atoms with Gasteiger partial charge in [0.1, 0.15) is 0 Å². The summed E-state index contributed by atoms with van der Waals surface area (Å²) in [5.74, 6) is 0.759. The van der Waals surface area contributed by atoms with Crippen molar-refractivity contribution in [2.45, 2.75) is 25.5 Å². The summed E-state index contributed by atoms with van der Waals surface area (Å²) >= 11 is 6.27. The van der Waals surface area contributed by atoms with Crippen LogP contribution in [0.3, 0.4) is 0 Å². The number of hydrogen-bond donors (Lipinski definition) is 3. The lowest BCUT2D eigenvalue weighted by Gasteiger charge is -2.36. The number of ether oxygens (including phenoxy) is 1. The molecule has 6 nitrogen and oxygen atoms in total. The van der Waals surface area contributed by atoms with Gasteiger partial charge in [0.05, 0.1) is 30.1 Å². The standard InChI is InChI=1S/C16H20ClN5O/c1-16(2)8-21-13(7-23-16)9-3-10(5-11(17)4-9)15-20-6-12(18)14(19)22-15/h3-6,13,21H,7-8,18H2,1-2H3,(H2,19,20,22). The monoisotopic (exact) mass is 333 g/mol. The summed E-state index contributed by atoms with van der Waals surface area (Å²) in [4.78, 5) is 8.46. The number of aromatic nitrogens is 2. The Morgan fingerprint density at radius 1 is 1.30 bits per heavy atom. The third kappa shape index (κ3) is 3.55. The second-order valence-corrected chi connectivity index (χ2v) is 6.75. The molecule has 1 saturated heterocycles. The molecule has 1 fully saturated rings. The number of benzene rings is 1. The molecular formula is C16H20ClN5O. The molecule has 5 N–H and O–H groups in total. The highest BCUT2D eigenvalue weighted by atomic mass is 35.5. The van der Waals surface area contributed by atoms with Crippen molar-refractivity contribution in [3.8, 4) is 11.4 Å². The Morgan fingerprint density at radius 3 is 2.74 bits per heavy atom. The number of nitrogens with zero attached hydrogens (tertiary/aromatic N) is 2. The number of morpholine rings is 1. The van der Waals surface area contributed by atoms with Gasteiger partial charge >= 0.3 is 0 Å². The minimum absolute atomic E-state index is 0.0756. The number of anilines is 2. The van der Waals surface area contributed by atoms with Gasteiger partial charge < -0.3 is 21.5 Å². The molecule has 2 heterocycles. The summed E-state index contributed by atoms with van der Waals surface area (Å²) in [5, 5.41) is 4.10. The van der Waals surface area contributed by atoms with E-state index in [9.17, 15) is 0 Å². The van der Waals surface area contributed by atoms with E-state index in [1.54, 1.807) is 0 Å². The Bertz CT molecular complexity index is 724.